The topological polar surface area (TPSA) is 43.4 Å². The Kier molecular flexibility index (Phi) is 6.12. The third-order valence-corrected chi connectivity index (χ3v) is 2.74. The zero-order valence-corrected chi connectivity index (χ0v) is 11.0. The molecule has 0 N–H and O–H groups in total. The number of ketones is 1. The maximum absolute atomic E-state index is 12.0. The van der Waals surface area contributed by atoms with Gasteiger partial charge in [0, 0.05) is 6.42 Å². The highest BCUT2D eigenvalue weighted by molar-refractivity contribution is 5.99. The van der Waals surface area contributed by atoms with E-state index in [1.165, 1.54) is 0 Å². The van der Waals surface area contributed by atoms with Crippen molar-refractivity contribution < 1.29 is 14.3 Å². The van der Waals surface area contributed by atoms with E-state index in [2.05, 4.69) is 0 Å². The lowest BCUT2D eigenvalue weighted by Crippen LogP contribution is -2.28. The van der Waals surface area contributed by atoms with Crippen molar-refractivity contribution in [3.8, 4) is 0 Å². The van der Waals surface area contributed by atoms with Gasteiger partial charge >= 0.3 is 5.97 Å². The zero-order valence-electron chi connectivity index (χ0n) is 11.0. The maximum atomic E-state index is 12.0. The molecule has 0 fully saturated rings. The Labute approximate surface area is 108 Å². The Balaban J connectivity index is 2.77. The van der Waals surface area contributed by atoms with Crippen LogP contribution in [-0.4, -0.2) is 18.4 Å². The van der Waals surface area contributed by atoms with Crippen molar-refractivity contribution in [2.45, 2.75) is 33.1 Å². The van der Waals surface area contributed by atoms with Crippen molar-refractivity contribution in [2.24, 2.45) is 5.92 Å². The van der Waals surface area contributed by atoms with E-state index in [9.17, 15) is 9.59 Å². The highest BCUT2D eigenvalue weighted by Gasteiger charge is 2.27. The molecule has 0 aliphatic rings. The number of rotatable bonds is 7. The molecule has 1 aromatic rings. The lowest BCUT2D eigenvalue weighted by Gasteiger charge is -2.14. The van der Waals surface area contributed by atoms with Crippen LogP contribution >= 0.6 is 0 Å². The summed E-state index contributed by atoms with van der Waals surface area (Å²) in [5.41, 5.74) is 0.986. The van der Waals surface area contributed by atoms with Crippen molar-refractivity contribution in [3.63, 3.8) is 0 Å². The predicted octanol–water partition coefficient (Wildman–Crippen LogP) is 2.78. The van der Waals surface area contributed by atoms with Crippen LogP contribution in [0.1, 0.15) is 32.3 Å². The molecule has 1 aromatic carbocycles. The summed E-state index contributed by atoms with van der Waals surface area (Å²) in [6.45, 7) is 3.99. The van der Waals surface area contributed by atoms with E-state index in [0.717, 1.165) is 12.0 Å². The molecular formula is C15H20O3. The molecule has 0 saturated carbocycles. The molecule has 3 heteroatoms. The fourth-order valence-electron chi connectivity index (χ4n) is 1.84. The molecule has 0 aromatic heterocycles. The summed E-state index contributed by atoms with van der Waals surface area (Å²) in [7, 11) is 0. The number of hydrogen-bond acceptors (Lipinski definition) is 3. The van der Waals surface area contributed by atoms with E-state index >= 15 is 0 Å². The highest BCUT2D eigenvalue weighted by atomic mass is 16.5. The average molecular weight is 248 g/mol. The fraction of sp³-hybridized carbons (Fsp3) is 0.467. The van der Waals surface area contributed by atoms with Crippen molar-refractivity contribution in [1.29, 1.82) is 0 Å². The van der Waals surface area contributed by atoms with Crippen LogP contribution in [0.3, 0.4) is 0 Å². The van der Waals surface area contributed by atoms with Gasteiger partial charge in [-0.05, 0) is 25.3 Å². The van der Waals surface area contributed by atoms with Gasteiger partial charge in [0.2, 0.25) is 0 Å². The minimum absolute atomic E-state index is 0.0280. The fourth-order valence-corrected chi connectivity index (χ4v) is 1.84. The number of carbonyl (C=O) groups excluding carboxylic acids is 2. The van der Waals surface area contributed by atoms with E-state index in [0.29, 0.717) is 19.4 Å². The Morgan fingerprint density at radius 3 is 2.39 bits per heavy atom. The standard InChI is InChI=1S/C15H20O3/c1-3-8-14(16)13(15(17)18-4-2)11-12-9-6-5-7-10-12/h5-7,9-10,13H,3-4,8,11H2,1-2H3/t13-/m1/s1. The molecule has 0 aliphatic carbocycles. The van der Waals surface area contributed by atoms with Crippen molar-refractivity contribution in [3.05, 3.63) is 35.9 Å². The first kappa shape index (κ1) is 14.4. The molecule has 0 radical (unpaired) electrons. The summed E-state index contributed by atoms with van der Waals surface area (Å²) in [5.74, 6) is -1.09. The third-order valence-electron chi connectivity index (χ3n) is 2.74. The molecule has 0 spiro atoms. The average Bonchev–Trinajstić information content (AvgIpc) is 2.37. The molecule has 3 nitrogen and oxygen atoms in total. The van der Waals surface area contributed by atoms with Gasteiger partial charge in [-0.15, -0.1) is 0 Å². The number of benzene rings is 1. The molecule has 0 unspecified atom stereocenters. The van der Waals surface area contributed by atoms with Crippen LogP contribution in [0.4, 0.5) is 0 Å². The van der Waals surface area contributed by atoms with Crippen LogP contribution in [0.5, 0.6) is 0 Å². The lowest BCUT2D eigenvalue weighted by molar-refractivity contribution is -0.151. The van der Waals surface area contributed by atoms with E-state index in [4.69, 9.17) is 4.74 Å². The Hall–Kier alpha value is -1.64. The normalized spacial score (nSPS) is 11.9. The molecule has 18 heavy (non-hydrogen) atoms. The predicted molar refractivity (Wildman–Crippen MR) is 70.2 cm³/mol. The van der Waals surface area contributed by atoms with Crippen LogP contribution < -0.4 is 0 Å². The largest absolute Gasteiger partial charge is 0.465 e. The van der Waals surface area contributed by atoms with Gasteiger partial charge in [0.15, 0.2) is 0 Å². The van der Waals surface area contributed by atoms with Gasteiger partial charge in [0.05, 0.1) is 6.61 Å². The first-order chi connectivity index (χ1) is 8.69. The molecule has 0 amide bonds. The quantitative estimate of drug-likeness (QED) is 0.550. The van der Waals surface area contributed by atoms with Crippen LogP contribution in [0.15, 0.2) is 30.3 Å². The molecule has 1 rings (SSSR count). The first-order valence-electron chi connectivity index (χ1n) is 6.42. The molecule has 98 valence electrons. The molecule has 0 saturated heterocycles. The van der Waals surface area contributed by atoms with Gasteiger partial charge in [0.1, 0.15) is 11.7 Å². The number of hydrogen-bond donors (Lipinski definition) is 0. The first-order valence-corrected chi connectivity index (χ1v) is 6.42. The smallest absolute Gasteiger partial charge is 0.316 e. The molecular weight excluding hydrogens is 228 g/mol. The van der Waals surface area contributed by atoms with E-state index in [-0.39, 0.29) is 5.78 Å². The number of Topliss-reactive ketones (excluding diaryl/α,β-unsaturated/α-hetero) is 1. The van der Waals surface area contributed by atoms with Gasteiger partial charge in [-0.3, -0.25) is 9.59 Å². The minimum Gasteiger partial charge on any atom is -0.465 e. The highest BCUT2D eigenvalue weighted by Crippen LogP contribution is 2.14. The zero-order chi connectivity index (χ0) is 13.4. The van der Waals surface area contributed by atoms with Gasteiger partial charge in [0.25, 0.3) is 0 Å². The summed E-state index contributed by atoms with van der Waals surface area (Å²) >= 11 is 0. The monoisotopic (exact) mass is 248 g/mol. The Morgan fingerprint density at radius 2 is 1.83 bits per heavy atom. The summed E-state index contributed by atoms with van der Waals surface area (Å²) in [4.78, 5) is 23.8. The van der Waals surface area contributed by atoms with Crippen LogP contribution in [0.25, 0.3) is 0 Å². The molecule has 0 aliphatic heterocycles. The van der Waals surface area contributed by atoms with Gasteiger partial charge in [-0.25, -0.2) is 0 Å². The number of carbonyl (C=O) groups is 2. The minimum atomic E-state index is -0.660. The lowest BCUT2D eigenvalue weighted by atomic mass is 9.93. The summed E-state index contributed by atoms with van der Waals surface area (Å²) in [6, 6.07) is 9.57. The summed E-state index contributed by atoms with van der Waals surface area (Å²) < 4.78 is 4.98. The SMILES string of the molecule is CCCC(=O)[C@@H](Cc1ccccc1)C(=O)OCC. The second-order valence-electron chi connectivity index (χ2n) is 4.21. The van der Waals surface area contributed by atoms with Crippen LogP contribution in [0, 0.1) is 5.92 Å². The van der Waals surface area contributed by atoms with Gasteiger partial charge < -0.3 is 4.74 Å². The maximum Gasteiger partial charge on any atom is 0.316 e. The summed E-state index contributed by atoms with van der Waals surface area (Å²) in [6.07, 6.45) is 1.61. The number of ether oxygens (including phenoxy) is 1. The van der Waals surface area contributed by atoms with E-state index in [1.54, 1.807) is 6.92 Å². The molecule has 1 atom stereocenters. The Bertz CT molecular complexity index is 366. The second kappa shape index (κ2) is 7.64. The third kappa shape index (κ3) is 4.32. The molecule has 0 heterocycles. The second-order valence-corrected chi connectivity index (χ2v) is 4.21. The van der Waals surface area contributed by atoms with Crippen LogP contribution in [-0.2, 0) is 20.7 Å². The van der Waals surface area contributed by atoms with Gasteiger partial charge in [-0.2, -0.15) is 0 Å². The van der Waals surface area contributed by atoms with E-state index in [1.807, 2.05) is 37.3 Å². The molecule has 0 bridgehead atoms. The summed E-state index contributed by atoms with van der Waals surface area (Å²) in [5, 5.41) is 0. The van der Waals surface area contributed by atoms with Crippen molar-refractivity contribution in [2.75, 3.05) is 6.61 Å². The van der Waals surface area contributed by atoms with Gasteiger partial charge in [-0.1, -0.05) is 37.3 Å². The van der Waals surface area contributed by atoms with E-state index < -0.39 is 11.9 Å². The number of esters is 1. The van der Waals surface area contributed by atoms with Crippen molar-refractivity contribution >= 4 is 11.8 Å². The van der Waals surface area contributed by atoms with Crippen LogP contribution in [0.2, 0.25) is 0 Å². The van der Waals surface area contributed by atoms with Crippen molar-refractivity contribution in [1.82, 2.24) is 0 Å². The Morgan fingerprint density at radius 1 is 1.17 bits per heavy atom.